The lowest BCUT2D eigenvalue weighted by molar-refractivity contribution is -0.141. The van der Waals surface area contributed by atoms with Gasteiger partial charge in [-0.25, -0.2) is 4.79 Å². The van der Waals surface area contributed by atoms with Gasteiger partial charge in [-0.15, -0.1) is 0 Å². The molecule has 2 atom stereocenters. The molecule has 6 nitrogen and oxygen atoms in total. The SMILES string of the molecule is CC(C)(C)OC(=O)N1C[C@H](C(=O)O)[C@@H](c2ccc(O)cc2)C1. The van der Waals surface area contributed by atoms with Crippen molar-refractivity contribution in [2.24, 2.45) is 5.92 Å². The predicted molar refractivity (Wildman–Crippen MR) is 79.8 cm³/mol. The van der Waals surface area contributed by atoms with Crippen LogP contribution in [0.1, 0.15) is 32.3 Å². The Morgan fingerprint density at radius 3 is 2.27 bits per heavy atom. The van der Waals surface area contributed by atoms with Crippen LogP contribution in [0.3, 0.4) is 0 Å². The maximum absolute atomic E-state index is 12.1. The highest BCUT2D eigenvalue weighted by atomic mass is 16.6. The first-order chi connectivity index (χ1) is 10.2. The second-order valence-corrected chi connectivity index (χ2v) is 6.53. The van der Waals surface area contributed by atoms with Crippen molar-refractivity contribution < 1.29 is 24.5 Å². The Balaban J connectivity index is 2.18. The Hall–Kier alpha value is -2.24. The number of amides is 1. The first-order valence-electron chi connectivity index (χ1n) is 7.17. The number of carbonyl (C=O) groups excluding carboxylic acids is 1. The molecule has 22 heavy (non-hydrogen) atoms. The monoisotopic (exact) mass is 307 g/mol. The van der Waals surface area contributed by atoms with Crippen molar-refractivity contribution in [2.45, 2.75) is 32.3 Å². The molecule has 1 aliphatic rings. The molecule has 2 N–H and O–H groups in total. The summed E-state index contributed by atoms with van der Waals surface area (Å²) in [7, 11) is 0. The third kappa shape index (κ3) is 3.69. The van der Waals surface area contributed by atoms with Crippen LogP contribution in [0.4, 0.5) is 4.79 Å². The van der Waals surface area contributed by atoms with E-state index in [9.17, 15) is 19.8 Å². The standard InChI is InChI=1S/C16H21NO5/c1-16(2,3)22-15(21)17-8-12(13(9-17)14(19)20)10-4-6-11(18)7-5-10/h4-7,12-13,18H,8-9H2,1-3H3,(H,19,20)/t12-,13+/m1/s1. The van der Waals surface area contributed by atoms with E-state index < -0.39 is 23.6 Å². The number of hydrogen-bond acceptors (Lipinski definition) is 4. The summed E-state index contributed by atoms with van der Waals surface area (Å²) >= 11 is 0. The Kier molecular flexibility index (Phi) is 4.30. The first kappa shape index (κ1) is 16.1. The summed E-state index contributed by atoms with van der Waals surface area (Å²) in [5.41, 5.74) is 0.170. The number of benzene rings is 1. The molecule has 1 amide bonds. The number of likely N-dealkylation sites (tertiary alicyclic amines) is 1. The van der Waals surface area contributed by atoms with Gasteiger partial charge in [0.25, 0.3) is 0 Å². The Labute approximate surface area is 129 Å². The lowest BCUT2D eigenvalue weighted by atomic mass is 9.89. The zero-order valence-corrected chi connectivity index (χ0v) is 12.9. The fourth-order valence-corrected chi connectivity index (χ4v) is 2.59. The van der Waals surface area contributed by atoms with Crippen molar-refractivity contribution in [3.8, 4) is 5.75 Å². The van der Waals surface area contributed by atoms with Gasteiger partial charge in [0.05, 0.1) is 5.92 Å². The van der Waals surface area contributed by atoms with Crippen molar-refractivity contribution >= 4 is 12.1 Å². The van der Waals surface area contributed by atoms with E-state index in [1.54, 1.807) is 32.9 Å². The van der Waals surface area contributed by atoms with E-state index in [1.165, 1.54) is 17.0 Å². The van der Waals surface area contributed by atoms with Gasteiger partial charge < -0.3 is 19.8 Å². The fourth-order valence-electron chi connectivity index (χ4n) is 2.59. The molecule has 6 heteroatoms. The van der Waals surface area contributed by atoms with Gasteiger partial charge in [-0.3, -0.25) is 4.79 Å². The highest BCUT2D eigenvalue weighted by Crippen LogP contribution is 2.34. The van der Waals surface area contributed by atoms with Crippen molar-refractivity contribution in [3.05, 3.63) is 29.8 Å². The van der Waals surface area contributed by atoms with Gasteiger partial charge in [0, 0.05) is 19.0 Å². The third-order valence-corrected chi connectivity index (χ3v) is 3.61. The first-order valence-corrected chi connectivity index (χ1v) is 7.17. The molecule has 0 bridgehead atoms. The molecule has 0 aromatic heterocycles. The van der Waals surface area contributed by atoms with Crippen LogP contribution in [-0.4, -0.2) is 45.9 Å². The lowest BCUT2D eigenvalue weighted by Gasteiger charge is -2.24. The molecule has 0 spiro atoms. The summed E-state index contributed by atoms with van der Waals surface area (Å²) in [6.45, 7) is 5.72. The highest BCUT2D eigenvalue weighted by Gasteiger charge is 2.41. The summed E-state index contributed by atoms with van der Waals surface area (Å²) in [6.07, 6.45) is -0.500. The molecule has 1 saturated heterocycles. The van der Waals surface area contributed by atoms with E-state index in [4.69, 9.17) is 4.74 Å². The summed E-state index contributed by atoms with van der Waals surface area (Å²) in [4.78, 5) is 25.0. The average molecular weight is 307 g/mol. The molecule has 0 saturated carbocycles. The molecular weight excluding hydrogens is 286 g/mol. The van der Waals surface area contributed by atoms with E-state index in [-0.39, 0.29) is 24.8 Å². The number of phenolic OH excluding ortho intramolecular Hbond substituents is 1. The van der Waals surface area contributed by atoms with E-state index in [0.717, 1.165) is 5.56 Å². The topological polar surface area (TPSA) is 87.1 Å². The van der Waals surface area contributed by atoms with E-state index in [2.05, 4.69) is 0 Å². The van der Waals surface area contributed by atoms with Crippen molar-refractivity contribution in [1.82, 2.24) is 4.90 Å². The number of carboxylic acid groups (broad SMARTS) is 1. The molecule has 1 aromatic carbocycles. The molecular formula is C16H21NO5. The molecule has 1 fully saturated rings. The second kappa shape index (κ2) is 5.87. The number of carbonyl (C=O) groups is 2. The van der Waals surface area contributed by atoms with Gasteiger partial charge in [0.15, 0.2) is 0 Å². The minimum absolute atomic E-state index is 0.121. The molecule has 1 aromatic rings. The molecule has 0 radical (unpaired) electrons. The fraction of sp³-hybridized carbons (Fsp3) is 0.500. The van der Waals surface area contributed by atoms with Crippen LogP contribution in [0.5, 0.6) is 5.75 Å². The summed E-state index contributed by atoms with van der Waals surface area (Å²) < 4.78 is 5.31. The van der Waals surface area contributed by atoms with Crippen LogP contribution in [0.25, 0.3) is 0 Å². The van der Waals surface area contributed by atoms with Crippen LogP contribution in [0, 0.1) is 5.92 Å². The van der Waals surface area contributed by atoms with Crippen LogP contribution < -0.4 is 0 Å². The van der Waals surface area contributed by atoms with Crippen LogP contribution in [-0.2, 0) is 9.53 Å². The van der Waals surface area contributed by atoms with Gasteiger partial charge in [-0.05, 0) is 38.5 Å². The number of rotatable bonds is 2. The largest absolute Gasteiger partial charge is 0.508 e. The molecule has 1 heterocycles. The Morgan fingerprint density at radius 2 is 1.77 bits per heavy atom. The van der Waals surface area contributed by atoms with Crippen molar-refractivity contribution in [3.63, 3.8) is 0 Å². The summed E-state index contributed by atoms with van der Waals surface area (Å²) in [6, 6.07) is 6.41. The van der Waals surface area contributed by atoms with Gasteiger partial charge in [-0.2, -0.15) is 0 Å². The predicted octanol–water partition coefficient (Wildman–Crippen LogP) is 2.43. The van der Waals surface area contributed by atoms with Gasteiger partial charge in [0.2, 0.25) is 0 Å². The number of ether oxygens (including phenoxy) is 1. The summed E-state index contributed by atoms with van der Waals surface area (Å²) in [5, 5.41) is 18.7. The minimum atomic E-state index is -0.941. The Morgan fingerprint density at radius 1 is 1.18 bits per heavy atom. The summed E-state index contributed by atoms with van der Waals surface area (Å²) in [5.74, 6) is -1.82. The average Bonchev–Trinajstić information content (AvgIpc) is 2.83. The van der Waals surface area contributed by atoms with Crippen LogP contribution >= 0.6 is 0 Å². The molecule has 0 aliphatic carbocycles. The maximum atomic E-state index is 12.1. The number of aliphatic carboxylic acids is 1. The smallest absolute Gasteiger partial charge is 0.410 e. The van der Waals surface area contributed by atoms with E-state index in [0.29, 0.717) is 0 Å². The molecule has 2 rings (SSSR count). The number of hydrogen-bond donors (Lipinski definition) is 2. The normalized spacial score (nSPS) is 21.7. The number of aromatic hydroxyl groups is 1. The van der Waals surface area contributed by atoms with Crippen molar-refractivity contribution in [1.29, 1.82) is 0 Å². The second-order valence-electron chi connectivity index (χ2n) is 6.53. The van der Waals surface area contributed by atoms with E-state index >= 15 is 0 Å². The zero-order chi connectivity index (χ0) is 16.5. The molecule has 0 unspecified atom stereocenters. The Bertz CT molecular complexity index is 561. The molecule has 1 aliphatic heterocycles. The quantitative estimate of drug-likeness (QED) is 0.876. The minimum Gasteiger partial charge on any atom is -0.508 e. The number of carboxylic acids is 1. The molecule has 120 valence electrons. The van der Waals surface area contributed by atoms with Crippen LogP contribution in [0.2, 0.25) is 0 Å². The van der Waals surface area contributed by atoms with Gasteiger partial charge >= 0.3 is 12.1 Å². The lowest BCUT2D eigenvalue weighted by Crippen LogP contribution is -2.35. The number of nitrogens with zero attached hydrogens (tertiary/aromatic N) is 1. The van der Waals surface area contributed by atoms with Gasteiger partial charge in [-0.1, -0.05) is 12.1 Å². The van der Waals surface area contributed by atoms with Gasteiger partial charge in [0.1, 0.15) is 11.4 Å². The van der Waals surface area contributed by atoms with Crippen molar-refractivity contribution in [2.75, 3.05) is 13.1 Å². The number of phenols is 1. The third-order valence-electron chi connectivity index (χ3n) is 3.61. The maximum Gasteiger partial charge on any atom is 0.410 e. The van der Waals surface area contributed by atoms with Crippen LogP contribution in [0.15, 0.2) is 24.3 Å². The van der Waals surface area contributed by atoms with E-state index in [1.807, 2.05) is 0 Å². The zero-order valence-electron chi connectivity index (χ0n) is 12.9. The highest BCUT2D eigenvalue weighted by molar-refractivity contribution is 5.76.